The van der Waals surface area contributed by atoms with Gasteiger partial charge >= 0.3 is 0 Å². The maximum Gasteiger partial charge on any atom is 0.160 e. The van der Waals surface area contributed by atoms with Crippen molar-refractivity contribution in [2.75, 3.05) is 5.73 Å². The second-order valence-electron chi connectivity index (χ2n) is 6.43. The molecule has 0 amide bonds. The zero-order valence-corrected chi connectivity index (χ0v) is 15.3. The van der Waals surface area contributed by atoms with Gasteiger partial charge in [-0.05, 0) is 65.9 Å². The van der Waals surface area contributed by atoms with Crippen LogP contribution in [0.4, 0.5) is 5.69 Å². The Morgan fingerprint density at radius 1 is 1.33 bits per heavy atom. The van der Waals surface area contributed by atoms with Crippen LogP contribution < -0.4 is 5.73 Å². The highest BCUT2D eigenvalue weighted by molar-refractivity contribution is 9.10. The molecule has 2 N–H and O–H groups in total. The number of aromatic nitrogens is 2. The van der Waals surface area contributed by atoms with Crippen molar-refractivity contribution >= 4 is 33.0 Å². The number of aliphatic imine (C=N–C) groups is 1. The molecule has 2 aromatic heterocycles. The molecule has 5 heteroatoms. The quantitative estimate of drug-likeness (QED) is 0.671. The zero-order valence-electron chi connectivity index (χ0n) is 13.8. The van der Waals surface area contributed by atoms with Crippen LogP contribution in [0.3, 0.4) is 0 Å². The molecule has 4 rings (SSSR count). The van der Waals surface area contributed by atoms with Crippen LogP contribution in [0, 0.1) is 6.92 Å². The molecule has 1 aliphatic carbocycles. The van der Waals surface area contributed by atoms with Gasteiger partial charge in [0, 0.05) is 21.9 Å². The number of nitrogens with zero attached hydrogens (tertiary/aromatic N) is 3. The molecule has 1 aliphatic rings. The molecule has 4 nitrogen and oxygen atoms in total. The van der Waals surface area contributed by atoms with Gasteiger partial charge in [-0.15, -0.1) is 0 Å². The number of nitrogens with two attached hydrogens (primary N) is 1. The third-order valence-electron chi connectivity index (χ3n) is 4.44. The predicted molar refractivity (Wildman–Crippen MR) is 103 cm³/mol. The lowest BCUT2D eigenvalue weighted by atomic mass is 10.0. The van der Waals surface area contributed by atoms with Crippen molar-refractivity contribution in [1.29, 1.82) is 0 Å². The molecular weight excluding hydrogens is 364 g/mol. The van der Waals surface area contributed by atoms with Gasteiger partial charge in [0.2, 0.25) is 0 Å². The second kappa shape index (κ2) is 5.74. The van der Waals surface area contributed by atoms with Crippen molar-refractivity contribution in [3.8, 4) is 11.3 Å². The fourth-order valence-electron chi connectivity index (χ4n) is 3.07. The highest BCUT2D eigenvalue weighted by Crippen LogP contribution is 2.29. The maximum atomic E-state index is 6.07. The largest absolute Gasteiger partial charge is 0.396 e. The monoisotopic (exact) mass is 382 g/mol. The van der Waals surface area contributed by atoms with E-state index in [9.17, 15) is 0 Å². The summed E-state index contributed by atoms with van der Waals surface area (Å²) in [6.45, 7) is 4.24. The lowest BCUT2D eigenvalue weighted by Gasteiger charge is -2.09. The summed E-state index contributed by atoms with van der Waals surface area (Å²) in [5.74, 6) is 0. The third kappa shape index (κ3) is 2.73. The van der Waals surface area contributed by atoms with Gasteiger partial charge in [-0.1, -0.05) is 12.1 Å². The number of hydrogen-bond acceptors (Lipinski definition) is 3. The molecule has 2 heterocycles. The van der Waals surface area contributed by atoms with Crippen molar-refractivity contribution < 1.29 is 0 Å². The summed E-state index contributed by atoms with van der Waals surface area (Å²) >= 11 is 3.50. The normalized spacial score (nSPS) is 15.2. The Morgan fingerprint density at radius 2 is 2.12 bits per heavy atom. The van der Waals surface area contributed by atoms with Crippen LogP contribution in [0.1, 0.15) is 30.9 Å². The van der Waals surface area contributed by atoms with E-state index in [1.165, 1.54) is 24.0 Å². The SMILES string of the molecule is CC(=NC1CC1)c1ccc(-c2cnc3c(N)cc(Br)cn23)cc1C. The number of rotatable bonds is 3. The lowest BCUT2D eigenvalue weighted by molar-refractivity contribution is 1.06. The van der Waals surface area contributed by atoms with Gasteiger partial charge in [-0.25, -0.2) is 4.98 Å². The minimum Gasteiger partial charge on any atom is -0.396 e. The summed E-state index contributed by atoms with van der Waals surface area (Å²) in [4.78, 5) is 9.23. The fraction of sp³-hybridized carbons (Fsp3) is 0.263. The highest BCUT2D eigenvalue weighted by atomic mass is 79.9. The van der Waals surface area contributed by atoms with E-state index >= 15 is 0 Å². The van der Waals surface area contributed by atoms with Gasteiger partial charge in [0.15, 0.2) is 5.65 Å². The first kappa shape index (κ1) is 15.4. The molecule has 0 unspecified atom stereocenters. The van der Waals surface area contributed by atoms with Gasteiger partial charge in [-0.2, -0.15) is 0 Å². The summed E-state index contributed by atoms with van der Waals surface area (Å²) in [7, 11) is 0. The number of pyridine rings is 1. The molecule has 0 radical (unpaired) electrons. The maximum absolute atomic E-state index is 6.07. The molecule has 1 aromatic carbocycles. The van der Waals surface area contributed by atoms with Gasteiger partial charge < -0.3 is 5.73 Å². The second-order valence-corrected chi connectivity index (χ2v) is 7.34. The number of anilines is 1. The van der Waals surface area contributed by atoms with E-state index in [2.05, 4.69) is 53.0 Å². The number of benzene rings is 1. The van der Waals surface area contributed by atoms with Crippen molar-refractivity contribution in [3.05, 3.63) is 52.3 Å². The molecule has 0 aliphatic heterocycles. The Kier molecular flexibility index (Phi) is 3.68. The summed E-state index contributed by atoms with van der Waals surface area (Å²) in [6.07, 6.45) is 6.33. The zero-order chi connectivity index (χ0) is 16.8. The number of nitrogen functional groups attached to an aromatic ring is 1. The van der Waals surface area contributed by atoms with Gasteiger partial charge in [0.05, 0.1) is 23.6 Å². The van der Waals surface area contributed by atoms with E-state index < -0.39 is 0 Å². The molecular formula is C19H19BrN4. The molecule has 0 saturated heterocycles. The highest BCUT2D eigenvalue weighted by Gasteiger charge is 2.20. The van der Waals surface area contributed by atoms with Gasteiger partial charge in [0.25, 0.3) is 0 Å². The molecule has 0 atom stereocenters. The number of aryl methyl sites for hydroxylation is 1. The van der Waals surface area contributed by atoms with Gasteiger partial charge in [0.1, 0.15) is 0 Å². The summed E-state index contributed by atoms with van der Waals surface area (Å²) in [6, 6.07) is 8.91. The fourth-order valence-corrected chi connectivity index (χ4v) is 3.52. The molecule has 0 bridgehead atoms. The van der Waals surface area contributed by atoms with Crippen molar-refractivity contribution in [1.82, 2.24) is 9.38 Å². The molecule has 0 spiro atoms. The van der Waals surface area contributed by atoms with Crippen LogP contribution in [0.15, 0.2) is 46.1 Å². The van der Waals surface area contributed by atoms with E-state index in [1.54, 1.807) is 0 Å². The first-order valence-corrected chi connectivity index (χ1v) is 8.90. The molecule has 3 aromatic rings. The Morgan fingerprint density at radius 3 is 2.83 bits per heavy atom. The van der Waals surface area contributed by atoms with E-state index in [1.807, 2.05) is 22.9 Å². The first-order valence-electron chi connectivity index (χ1n) is 8.11. The Hall–Kier alpha value is -2.14. The van der Waals surface area contributed by atoms with Crippen LogP contribution in [0.2, 0.25) is 0 Å². The van der Waals surface area contributed by atoms with Crippen LogP contribution in [-0.2, 0) is 0 Å². The Bertz CT molecular complexity index is 967. The average Bonchev–Trinajstić information content (AvgIpc) is 3.23. The minimum absolute atomic E-state index is 0.545. The number of fused-ring (bicyclic) bond motifs is 1. The van der Waals surface area contributed by atoms with E-state index in [4.69, 9.17) is 10.7 Å². The molecule has 24 heavy (non-hydrogen) atoms. The standard InChI is InChI=1S/C19H19BrN4/c1-11-7-13(3-6-16(11)12(2)23-15-4-5-15)18-9-22-19-17(21)8-14(20)10-24(18)19/h3,6-10,15H,4-5,21H2,1-2H3. The van der Waals surface area contributed by atoms with E-state index in [0.717, 1.165) is 27.1 Å². The van der Waals surface area contributed by atoms with Crippen LogP contribution in [-0.4, -0.2) is 21.1 Å². The Balaban J connectivity index is 1.79. The summed E-state index contributed by atoms with van der Waals surface area (Å²) < 4.78 is 2.96. The predicted octanol–water partition coefficient (Wildman–Crippen LogP) is 4.63. The Labute approximate surface area is 149 Å². The topological polar surface area (TPSA) is 55.7 Å². The third-order valence-corrected chi connectivity index (χ3v) is 4.87. The lowest BCUT2D eigenvalue weighted by Crippen LogP contribution is -2.00. The van der Waals surface area contributed by atoms with Crippen molar-refractivity contribution in [2.24, 2.45) is 4.99 Å². The minimum atomic E-state index is 0.545. The first-order chi connectivity index (χ1) is 11.5. The average molecular weight is 383 g/mol. The van der Waals surface area contributed by atoms with Crippen molar-refractivity contribution in [2.45, 2.75) is 32.7 Å². The van der Waals surface area contributed by atoms with E-state index in [0.29, 0.717) is 11.7 Å². The van der Waals surface area contributed by atoms with Gasteiger partial charge in [-0.3, -0.25) is 9.39 Å². The number of halogens is 1. The smallest absolute Gasteiger partial charge is 0.160 e. The van der Waals surface area contributed by atoms with Crippen molar-refractivity contribution in [3.63, 3.8) is 0 Å². The number of hydrogen-bond donors (Lipinski definition) is 1. The van der Waals surface area contributed by atoms with Crippen LogP contribution in [0.25, 0.3) is 16.9 Å². The number of imidazole rings is 1. The summed E-state index contributed by atoms with van der Waals surface area (Å²) in [5.41, 5.74) is 13.2. The summed E-state index contributed by atoms with van der Waals surface area (Å²) in [5, 5.41) is 0. The molecule has 1 fully saturated rings. The molecule has 1 saturated carbocycles. The van der Waals surface area contributed by atoms with E-state index in [-0.39, 0.29) is 0 Å². The van der Waals surface area contributed by atoms with Crippen LogP contribution >= 0.6 is 15.9 Å². The molecule has 122 valence electrons. The van der Waals surface area contributed by atoms with Crippen LogP contribution in [0.5, 0.6) is 0 Å².